The minimum Gasteiger partial charge on any atom is -0.480 e. The van der Waals surface area contributed by atoms with Crippen molar-refractivity contribution in [1.29, 1.82) is 0 Å². The van der Waals surface area contributed by atoms with Crippen molar-refractivity contribution in [3.05, 3.63) is 35.4 Å². The second-order valence-electron chi connectivity index (χ2n) is 6.37. The van der Waals surface area contributed by atoms with Gasteiger partial charge in [0.25, 0.3) is 0 Å². The molecule has 2 rings (SSSR count). The summed E-state index contributed by atoms with van der Waals surface area (Å²) in [5, 5.41) is 9.51. The van der Waals surface area contributed by atoms with E-state index in [4.69, 9.17) is 0 Å². The lowest BCUT2D eigenvalue weighted by Gasteiger charge is -2.36. The van der Waals surface area contributed by atoms with E-state index in [0.717, 1.165) is 19.4 Å². The number of carbonyl (C=O) groups is 1. The topological polar surface area (TPSA) is 40.5 Å². The Labute approximate surface area is 121 Å². The lowest BCUT2D eigenvalue weighted by molar-refractivity contribution is -0.149. The molecular formula is C17H25NO2. The SMILES string of the molecule is CC(C)c1ccc(C(C)N2CCCC2(C)C(=O)O)cc1. The number of rotatable bonds is 4. The maximum absolute atomic E-state index is 11.6. The van der Waals surface area contributed by atoms with E-state index in [1.165, 1.54) is 11.1 Å². The Balaban J connectivity index is 2.22. The van der Waals surface area contributed by atoms with Crippen LogP contribution in [0.5, 0.6) is 0 Å². The number of carboxylic acid groups (broad SMARTS) is 1. The summed E-state index contributed by atoms with van der Waals surface area (Å²) in [6, 6.07) is 8.73. The number of hydrogen-bond donors (Lipinski definition) is 1. The van der Waals surface area contributed by atoms with Gasteiger partial charge in [-0.1, -0.05) is 38.1 Å². The van der Waals surface area contributed by atoms with Crippen molar-refractivity contribution in [2.75, 3.05) is 6.54 Å². The van der Waals surface area contributed by atoms with E-state index in [9.17, 15) is 9.90 Å². The molecule has 2 unspecified atom stereocenters. The summed E-state index contributed by atoms with van der Waals surface area (Å²) in [5.74, 6) is -0.184. The van der Waals surface area contributed by atoms with Crippen LogP contribution in [-0.4, -0.2) is 28.1 Å². The fourth-order valence-corrected chi connectivity index (χ4v) is 3.17. The summed E-state index contributed by atoms with van der Waals surface area (Å²) in [5.41, 5.74) is 1.79. The van der Waals surface area contributed by atoms with Crippen molar-refractivity contribution in [3.8, 4) is 0 Å². The number of nitrogens with zero attached hydrogens (tertiary/aromatic N) is 1. The Morgan fingerprint density at radius 1 is 1.20 bits per heavy atom. The van der Waals surface area contributed by atoms with Gasteiger partial charge >= 0.3 is 5.97 Å². The van der Waals surface area contributed by atoms with E-state index in [-0.39, 0.29) is 6.04 Å². The second kappa shape index (κ2) is 5.57. The molecule has 1 aliphatic heterocycles. The fourth-order valence-electron chi connectivity index (χ4n) is 3.17. The summed E-state index contributed by atoms with van der Waals surface area (Å²) in [6.45, 7) is 9.18. The molecule has 0 amide bonds. The maximum Gasteiger partial charge on any atom is 0.323 e. The van der Waals surface area contributed by atoms with Gasteiger partial charge in [0.2, 0.25) is 0 Å². The molecule has 1 N–H and O–H groups in total. The van der Waals surface area contributed by atoms with E-state index in [2.05, 4.69) is 49.9 Å². The van der Waals surface area contributed by atoms with Crippen LogP contribution >= 0.6 is 0 Å². The number of likely N-dealkylation sites (tertiary alicyclic amines) is 1. The second-order valence-corrected chi connectivity index (χ2v) is 6.37. The smallest absolute Gasteiger partial charge is 0.323 e. The number of carboxylic acids is 1. The molecule has 1 aliphatic rings. The lowest BCUT2D eigenvalue weighted by atomic mass is 9.94. The van der Waals surface area contributed by atoms with Crippen LogP contribution < -0.4 is 0 Å². The normalized spacial score (nSPS) is 25.1. The van der Waals surface area contributed by atoms with Crippen molar-refractivity contribution in [2.24, 2.45) is 0 Å². The monoisotopic (exact) mass is 275 g/mol. The van der Waals surface area contributed by atoms with Crippen LogP contribution in [0.4, 0.5) is 0 Å². The molecule has 0 bridgehead atoms. The van der Waals surface area contributed by atoms with Crippen LogP contribution in [-0.2, 0) is 4.79 Å². The van der Waals surface area contributed by atoms with Crippen molar-refractivity contribution >= 4 is 5.97 Å². The highest BCUT2D eigenvalue weighted by Gasteiger charge is 2.45. The van der Waals surface area contributed by atoms with Crippen molar-refractivity contribution in [1.82, 2.24) is 4.90 Å². The molecule has 20 heavy (non-hydrogen) atoms. The molecule has 0 spiro atoms. The highest BCUT2D eigenvalue weighted by atomic mass is 16.4. The Morgan fingerprint density at radius 2 is 1.75 bits per heavy atom. The molecule has 0 aromatic heterocycles. The van der Waals surface area contributed by atoms with Gasteiger partial charge in [0.05, 0.1) is 0 Å². The summed E-state index contributed by atoms with van der Waals surface area (Å²) in [7, 11) is 0. The van der Waals surface area contributed by atoms with E-state index < -0.39 is 11.5 Å². The van der Waals surface area contributed by atoms with E-state index in [0.29, 0.717) is 5.92 Å². The van der Waals surface area contributed by atoms with Gasteiger partial charge in [-0.05, 0) is 50.3 Å². The number of aliphatic carboxylic acids is 1. The van der Waals surface area contributed by atoms with Gasteiger partial charge in [0.15, 0.2) is 0 Å². The highest BCUT2D eigenvalue weighted by molar-refractivity contribution is 5.78. The Bertz CT molecular complexity index is 480. The first-order valence-corrected chi connectivity index (χ1v) is 7.46. The van der Waals surface area contributed by atoms with Crippen LogP contribution in [0.1, 0.15) is 63.6 Å². The predicted octanol–water partition coefficient (Wildman–Crippen LogP) is 3.81. The summed E-state index contributed by atoms with van der Waals surface area (Å²) < 4.78 is 0. The van der Waals surface area contributed by atoms with E-state index in [1.807, 2.05) is 6.92 Å². The molecule has 110 valence electrons. The Kier molecular flexibility index (Phi) is 4.19. The highest BCUT2D eigenvalue weighted by Crippen LogP contribution is 2.37. The van der Waals surface area contributed by atoms with Crippen LogP contribution in [0.15, 0.2) is 24.3 Å². The van der Waals surface area contributed by atoms with Crippen LogP contribution in [0.25, 0.3) is 0 Å². The Morgan fingerprint density at radius 3 is 2.25 bits per heavy atom. The number of hydrogen-bond acceptors (Lipinski definition) is 2. The molecule has 1 fully saturated rings. The first kappa shape index (κ1) is 15.0. The first-order valence-electron chi connectivity index (χ1n) is 7.46. The third-order valence-corrected chi connectivity index (χ3v) is 4.71. The maximum atomic E-state index is 11.6. The molecule has 0 aliphatic carbocycles. The molecule has 1 aromatic rings. The molecule has 0 radical (unpaired) electrons. The van der Waals surface area contributed by atoms with Gasteiger partial charge in [-0.2, -0.15) is 0 Å². The van der Waals surface area contributed by atoms with Gasteiger partial charge in [0.1, 0.15) is 5.54 Å². The largest absolute Gasteiger partial charge is 0.480 e. The quantitative estimate of drug-likeness (QED) is 0.908. The molecule has 1 aromatic carbocycles. The number of benzene rings is 1. The van der Waals surface area contributed by atoms with Gasteiger partial charge in [-0.3, -0.25) is 9.69 Å². The first-order chi connectivity index (χ1) is 9.36. The van der Waals surface area contributed by atoms with Gasteiger partial charge in [-0.15, -0.1) is 0 Å². The third-order valence-electron chi connectivity index (χ3n) is 4.71. The van der Waals surface area contributed by atoms with Gasteiger partial charge < -0.3 is 5.11 Å². The van der Waals surface area contributed by atoms with E-state index in [1.54, 1.807) is 0 Å². The molecule has 1 saturated heterocycles. The Hall–Kier alpha value is -1.35. The molecule has 3 nitrogen and oxygen atoms in total. The summed E-state index contributed by atoms with van der Waals surface area (Å²) >= 11 is 0. The average Bonchev–Trinajstić information content (AvgIpc) is 2.81. The van der Waals surface area contributed by atoms with E-state index >= 15 is 0 Å². The zero-order valence-corrected chi connectivity index (χ0v) is 12.9. The van der Waals surface area contributed by atoms with Gasteiger partial charge in [0, 0.05) is 6.04 Å². The van der Waals surface area contributed by atoms with Gasteiger partial charge in [-0.25, -0.2) is 0 Å². The minimum atomic E-state index is -0.726. The molecule has 2 atom stereocenters. The van der Waals surface area contributed by atoms with Crippen molar-refractivity contribution in [2.45, 2.75) is 58.0 Å². The molecule has 0 saturated carbocycles. The lowest BCUT2D eigenvalue weighted by Crippen LogP contribution is -2.48. The summed E-state index contributed by atoms with van der Waals surface area (Å²) in [4.78, 5) is 13.7. The summed E-state index contributed by atoms with van der Waals surface area (Å²) in [6.07, 6.45) is 1.69. The molecule has 1 heterocycles. The van der Waals surface area contributed by atoms with Crippen molar-refractivity contribution < 1.29 is 9.90 Å². The molecule has 3 heteroatoms. The predicted molar refractivity (Wildman–Crippen MR) is 80.9 cm³/mol. The zero-order valence-electron chi connectivity index (χ0n) is 12.9. The van der Waals surface area contributed by atoms with Crippen LogP contribution in [0, 0.1) is 0 Å². The molecular weight excluding hydrogens is 250 g/mol. The standard InChI is InChI=1S/C17H25NO2/c1-12(2)14-6-8-15(9-7-14)13(3)18-11-5-10-17(18,4)16(19)20/h6-9,12-13H,5,10-11H2,1-4H3,(H,19,20). The fraction of sp³-hybridized carbons (Fsp3) is 0.588. The average molecular weight is 275 g/mol. The minimum absolute atomic E-state index is 0.139. The third kappa shape index (κ3) is 2.59. The van der Waals surface area contributed by atoms with Crippen LogP contribution in [0.3, 0.4) is 0 Å². The van der Waals surface area contributed by atoms with Crippen LogP contribution in [0.2, 0.25) is 0 Å². The zero-order chi connectivity index (χ0) is 14.9. The van der Waals surface area contributed by atoms with Crippen molar-refractivity contribution in [3.63, 3.8) is 0 Å².